The molecule has 4 heteroatoms. The Hall–Kier alpha value is -1.84. The van der Waals surface area contributed by atoms with Crippen LogP contribution >= 0.6 is 0 Å². The number of amides is 1. The lowest BCUT2D eigenvalue weighted by atomic mass is 9.76. The fourth-order valence-corrected chi connectivity index (χ4v) is 3.00. The van der Waals surface area contributed by atoms with Gasteiger partial charge < -0.3 is 5.32 Å². The van der Waals surface area contributed by atoms with Gasteiger partial charge in [0.25, 0.3) is 5.91 Å². The second-order valence-corrected chi connectivity index (χ2v) is 6.59. The van der Waals surface area contributed by atoms with Crippen LogP contribution in [0.3, 0.4) is 0 Å². The Balaban J connectivity index is 1.87. The molecule has 1 saturated carbocycles. The van der Waals surface area contributed by atoms with Crippen molar-refractivity contribution in [1.29, 1.82) is 0 Å². The van der Waals surface area contributed by atoms with Crippen LogP contribution in [0.15, 0.2) is 35.4 Å². The van der Waals surface area contributed by atoms with Gasteiger partial charge in [0.1, 0.15) is 0 Å². The van der Waals surface area contributed by atoms with Crippen molar-refractivity contribution in [1.82, 2.24) is 5.43 Å². The molecule has 4 nitrogen and oxygen atoms in total. The van der Waals surface area contributed by atoms with E-state index in [2.05, 4.69) is 36.6 Å². The molecule has 1 aliphatic carbocycles. The number of rotatable bonds is 5. The first-order valence-corrected chi connectivity index (χ1v) is 8.20. The molecule has 1 aromatic rings. The zero-order valence-corrected chi connectivity index (χ0v) is 13.8. The van der Waals surface area contributed by atoms with Gasteiger partial charge in [0.15, 0.2) is 0 Å². The van der Waals surface area contributed by atoms with Crippen LogP contribution in [-0.4, -0.2) is 18.2 Å². The second-order valence-electron chi connectivity index (χ2n) is 6.59. The van der Waals surface area contributed by atoms with Gasteiger partial charge in [-0.1, -0.05) is 39.0 Å². The van der Waals surface area contributed by atoms with Gasteiger partial charge in [-0.15, -0.1) is 0 Å². The summed E-state index contributed by atoms with van der Waals surface area (Å²) >= 11 is 0. The van der Waals surface area contributed by atoms with E-state index in [1.54, 1.807) is 0 Å². The molecule has 0 aliphatic heterocycles. The molecule has 0 bridgehead atoms. The molecule has 22 heavy (non-hydrogen) atoms. The van der Waals surface area contributed by atoms with Gasteiger partial charge >= 0.3 is 0 Å². The van der Waals surface area contributed by atoms with Gasteiger partial charge in [0.2, 0.25) is 0 Å². The number of nitrogens with one attached hydrogen (secondary N) is 2. The molecule has 0 unspecified atom stereocenters. The first-order chi connectivity index (χ1) is 10.6. The molecular formula is C18H27N3O. The van der Waals surface area contributed by atoms with Crippen molar-refractivity contribution in [3.63, 3.8) is 0 Å². The predicted molar refractivity (Wildman–Crippen MR) is 91.9 cm³/mol. The van der Waals surface area contributed by atoms with Crippen LogP contribution in [0.25, 0.3) is 0 Å². The maximum Gasteiger partial charge on any atom is 0.259 e. The zero-order valence-electron chi connectivity index (χ0n) is 13.8. The minimum absolute atomic E-state index is 0.0999. The SMILES string of the molecule is CC(C)[C@@H]1CC[C@@H](C)C/C1=N/NC(=O)CNc1ccccc1. The number of anilines is 1. The van der Waals surface area contributed by atoms with E-state index in [0.29, 0.717) is 17.8 Å². The summed E-state index contributed by atoms with van der Waals surface area (Å²) in [6.45, 7) is 6.96. The molecule has 0 spiro atoms. The topological polar surface area (TPSA) is 53.5 Å². The summed E-state index contributed by atoms with van der Waals surface area (Å²) < 4.78 is 0. The highest BCUT2D eigenvalue weighted by Gasteiger charge is 2.27. The van der Waals surface area contributed by atoms with Crippen molar-refractivity contribution >= 4 is 17.3 Å². The highest BCUT2D eigenvalue weighted by molar-refractivity contribution is 5.89. The number of benzene rings is 1. The summed E-state index contributed by atoms with van der Waals surface area (Å²) in [4.78, 5) is 11.9. The first kappa shape index (κ1) is 16.5. The molecule has 1 amide bonds. The van der Waals surface area contributed by atoms with Crippen LogP contribution < -0.4 is 10.7 Å². The number of carbonyl (C=O) groups is 1. The molecule has 0 aromatic heterocycles. The normalized spacial score (nSPS) is 23.5. The monoisotopic (exact) mass is 301 g/mol. The Kier molecular flexibility index (Phi) is 5.99. The lowest BCUT2D eigenvalue weighted by molar-refractivity contribution is -0.119. The molecule has 2 atom stereocenters. The van der Waals surface area contributed by atoms with Gasteiger partial charge in [-0.3, -0.25) is 4.79 Å². The Morgan fingerprint density at radius 2 is 2.00 bits per heavy atom. The quantitative estimate of drug-likeness (QED) is 0.815. The standard InChI is InChI=1S/C18H27N3O/c1-13(2)16-10-9-14(3)11-17(16)20-21-18(22)12-19-15-7-5-4-6-8-15/h4-8,13-14,16,19H,9-12H2,1-3H3,(H,21,22)/b20-17-/t14-,16+/m1/s1. The van der Waals surface area contributed by atoms with Gasteiger partial charge in [0, 0.05) is 17.3 Å². The molecule has 0 radical (unpaired) electrons. The Morgan fingerprint density at radius 3 is 2.68 bits per heavy atom. The fraction of sp³-hybridized carbons (Fsp3) is 0.556. The molecule has 1 aromatic carbocycles. The molecule has 0 heterocycles. The molecule has 1 aliphatic rings. The van der Waals surface area contributed by atoms with Crippen molar-refractivity contribution in [3.8, 4) is 0 Å². The highest BCUT2D eigenvalue weighted by atomic mass is 16.2. The Morgan fingerprint density at radius 1 is 1.27 bits per heavy atom. The lowest BCUT2D eigenvalue weighted by Crippen LogP contribution is -2.32. The van der Waals surface area contributed by atoms with E-state index < -0.39 is 0 Å². The summed E-state index contributed by atoms with van der Waals surface area (Å²) in [6.07, 6.45) is 3.43. The summed E-state index contributed by atoms with van der Waals surface area (Å²) in [5.41, 5.74) is 4.81. The van der Waals surface area contributed by atoms with Crippen LogP contribution in [0.4, 0.5) is 5.69 Å². The minimum Gasteiger partial charge on any atom is -0.376 e. The third kappa shape index (κ3) is 4.86. The largest absolute Gasteiger partial charge is 0.376 e. The van der Waals surface area contributed by atoms with Gasteiger partial charge in [0.05, 0.1) is 6.54 Å². The molecule has 2 rings (SSSR count). The molecule has 0 saturated heterocycles. The molecular weight excluding hydrogens is 274 g/mol. The average Bonchev–Trinajstić information content (AvgIpc) is 2.51. The third-order valence-electron chi connectivity index (χ3n) is 4.31. The third-order valence-corrected chi connectivity index (χ3v) is 4.31. The van der Waals surface area contributed by atoms with Crippen LogP contribution in [0, 0.1) is 17.8 Å². The maximum absolute atomic E-state index is 11.9. The zero-order chi connectivity index (χ0) is 15.9. The summed E-state index contributed by atoms with van der Waals surface area (Å²) in [6, 6.07) is 9.72. The predicted octanol–water partition coefficient (Wildman–Crippen LogP) is 3.66. The van der Waals surface area contributed by atoms with Crippen molar-refractivity contribution < 1.29 is 4.79 Å². The van der Waals surface area contributed by atoms with E-state index in [-0.39, 0.29) is 12.5 Å². The van der Waals surface area contributed by atoms with Gasteiger partial charge in [-0.25, -0.2) is 5.43 Å². The average molecular weight is 301 g/mol. The van der Waals surface area contributed by atoms with Crippen LogP contribution in [0.1, 0.15) is 40.0 Å². The Labute approximate surface area is 133 Å². The highest BCUT2D eigenvalue weighted by Crippen LogP contribution is 2.31. The maximum atomic E-state index is 11.9. The van der Waals surface area contributed by atoms with E-state index >= 15 is 0 Å². The molecule has 1 fully saturated rings. The second kappa shape index (κ2) is 7.97. The smallest absolute Gasteiger partial charge is 0.259 e. The van der Waals surface area contributed by atoms with E-state index in [0.717, 1.165) is 17.8 Å². The molecule has 2 N–H and O–H groups in total. The lowest BCUT2D eigenvalue weighted by Gasteiger charge is -2.30. The van der Waals surface area contributed by atoms with Gasteiger partial charge in [-0.2, -0.15) is 5.10 Å². The summed E-state index contributed by atoms with van der Waals surface area (Å²) in [5.74, 6) is 1.63. The summed E-state index contributed by atoms with van der Waals surface area (Å²) in [7, 11) is 0. The summed E-state index contributed by atoms with van der Waals surface area (Å²) in [5, 5.41) is 7.52. The number of carbonyl (C=O) groups excluding carboxylic acids is 1. The van der Waals surface area contributed by atoms with E-state index in [9.17, 15) is 4.79 Å². The van der Waals surface area contributed by atoms with Crippen LogP contribution in [0.2, 0.25) is 0 Å². The van der Waals surface area contributed by atoms with Crippen LogP contribution in [-0.2, 0) is 4.79 Å². The molecule has 120 valence electrons. The van der Waals surface area contributed by atoms with Crippen molar-refractivity contribution in [3.05, 3.63) is 30.3 Å². The minimum atomic E-state index is -0.0999. The number of hydrogen-bond donors (Lipinski definition) is 2. The number of hydrazone groups is 1. The van der Waals surface area contributed by atoms with Crippen molar-refractivity contribution in [2.75, 3.05) is 11.9 Å². The number of para-hydroxylation sites is 1. The Bertz CT molecular complexity index is 510. The van der Waals surface area contributed by atoms with Gasteiger partial charge in [-0.05, 0) is 43.2 Å². The fourth-order valence-electron chi connectivity index (χ4n) is 3.00. The van der Waals surface area contributed by atoms with E-state index in [1.165, 1.54) is 12.8 Å². The van der Waals surface area contributed by atoms with Crippen molar-refractivity contribution in [2.45, 2.75) is 40.0 Å². The first-order valence-electron chi connectivity index (χ1n) is 8.20. The van der Waals surface area contributed by atoms with Crippen LogP contribution in [0.5, 0.6) is 0 Å². The van der Waals surface area contributed by atoms with E-state index in [4.69, 9.17) is 0 Å². The van der Waals surface area contributed by atoms with E-state index in [1.807, 2.05) is 30.3 Å². The number of nitrogens with zero attached hydrogens (tertiary/aromatic N) is 1. The number of hydrogen-bond acceptors (Lipinski definition) is 3. The van der Waals surface area contributed by atoms with Crippen molar-refractivity contribution in [2.24, 2.45) is 22.9 Å².